The third kappa shape index (κ3) is 6.11. The molecule has 0 aliphatic carbocycles. The molecule has 0 saturated carbocycles. The van der Waals surface area contributed by atoms with Crippen LogP contribution in [0.5, 0.6) is 0 Å². The van der Waals surface area contributed by atoms with Gasteiger partial charge in [-0.3, -0.25) is 5.09 Å². The Morgan fingerprint density at radius 1 is 1.28 bits per heavy atom. The summed E-state index contributed by atoms with van der Waals surface area (Å²) in [5, 5.41) is 13.2. The molecular formula is C13H32NO2PSi. The summed E-state index contributed by atoms with van der Waals surface area (Å²) >= 11 is 0. The zero-order valence-corrected chi connectivity index (χ0v) is 15.2. The maximum atomic E-state index is 9.96. The van der Waals surface area contributed by atoms with Crippen molar-refractivity contribution in [3.63, 3.8) is 0 Å². The van der Waals surface area contributed by atoms with Crippen molar-refractivity contribution in [2.75, 3.05) is 6.61 Å². The third-order valence-corrected chi connectivity index (χ3v) is 9.05. The first-order valence-corrected chi connectivity index (χ1v) is 10.3. The summed E-state index contributed by atoms with van der Waals surface area (Å²) in [6.45, 7) is 16.2. The summed E-state index contributed by atoms with van der Waals surface area (Å²) in [6, 6.07) is 0.102. The predicted octanol–water partition coefficient (Wildman–Crippen LogP) is 3.16. The van der Waals surface area contributed by atoms with Crippen molar-refractivity contribution < 1.29 is 9.53 Å². The van der Waals surface area contributed by atoms with E-state index in [-0.39, 0.29) is 17.2 Å². The van der Waals surface area contributed by atoms with Crippen molar-refractivity contribution >= 4 is 17.7 Å². The molecule has 0 aromatic carbocycles. The van der Waals surface area contributed by atoms with Crippen molar-refractivity contribution in [2.24, 2.45) is 5.92 Å². The lowest BCUT2D eigenvalue weighted by Gasteiger charge is -2.37. The second kappa shape index (κ2) is 7.35. The second-order valence-corrected chi connectivity index (χ2v) is 12.1. The molecule has 0 radical (unpaired) electrons. The first-order valence-electron chi connectivity index (χ1n) is 6.79. The van der Waals surface area contributed by atoms with Gasteiger partial charge in [0.25, 0.3) is 0 Å². The molecule has 0 saturated heterocycles. The van der Waals surface area contributed by atoms with E-state index in [1.54, 1.807) is 0 Å². The van der Waals surface area contributed by atoms with Gasteiger partial charge < -0.3 is 9.53 Å². The van der Waals surface area contributed by atoms with E-state index in [2.05, 4.69) is 55.3 Å². The predicted molar refractivity (Wildman–Crippen MR) is 85.2 cm³/mol. The van der Waals surface area contributed by atoms with E-state index in [9.17, 15) is 5.11 Å². The lowest BCUT2D eigenvalue weighted by molar-refractivity contribution is 0.103. The van der Waals surface area contributed by atoms with Gasteiger partial charge in [0.1, 0.15) is 0 Å². The van der Waals surface area contributed by atoms with Gasteiger partial charge in [0, 0.05) is 12.6 Å². The van der Waals surface area contributed by atoms with Crippen LogP contribution in [0.4, 0.5) is 0 Å². The van der Waals surface area contributed by atoms with Crippen LogP contribution in [0.3, 0.4) is 0 Å². The molecule has 0 aliphatic rings. The number of nitrogens with one attached hydrogen (secondary N) is 1. The highest BCUT2D eigenvalue weighted by Gasteiger charge is 2.37. The normalized spacial score (nSPS) is 18.5. The van der Waals surface area contributed by atoms with E-state index in [1.807, 2.05) is 6.92 Å². The topological polar surface area (TPSA) is 41.5 Å². The number of hydrogen-bond acceptors (Lipinski definition) is 3. The zero-order chi connectivity index (χ0) is 14.6. The van der Waals surface area contributed by atoms with Gasteiger partial charge in [-0.1, -0.05) is 37.1 Å². The third-order valence-electron chi connectivity index (χ3n) is 4.02. The first kappa shape index (κ1) is 18.5. The average molecular weight is 293 g/mol. The summed E-state index contributed by atoms with van der Waals surface area (Å²) < 4.78 is 6.17. The molecule has 3 nitrogen and oxygen atoms in total. The Morgan fingerprint density at radius 2 is 1.78 bits per heavy atom. The first-order chi connectivity index (χ1) is 8.01. The molecule has 0 amide bonds. The largest absolute Gasteiger partial charge is 0.417 e. The van der Waals surface area contributed by atoms with Gasteiger partial charge in [0.05, 0.1) is 6.10 Å². The van der Waals surface area contributed by atoms with Gasteiger partial charge in [-0.2, -0.15) is 0 Å². The Hall–Kier alpha value is 0.527. The molecule has 2 N–H and O–H groups in total. The van der Waals surface area contributed by atoms with Crippen LogP contribution < -0.4 is 5.09 Å². The quantitative estimate of drug-likeness (QED) is 0.559. The van der Waals surface area contributed by atoms with Crippen molar-refractivity contribution in [3.8, 4) is 0 Å². The minimum absolute atomic E-state index is 0.102. The van der Waals surface area contributed by atoms with Crippen LogP contribution in [-0.4, -0.2) is 32.2 Å². The fraction of sp³-hybridized carbons (Fsp3) is 1.00. The Labute approximate surface area is 116 Å². The minimum atomic E-state index is -1.66. The summed E-state index contributed by atoms with van der Waals surface area (Å²) in [4.78, 5) is 0. The summed E-state index contributed by atoms with van der Waals surface area (Å²) in [5.41, 5.74) is 0. The molecule has 0 aliphatic heterocycles. The number of rotatable bonds is 7. The van der Waals surface area contributed by atoms with E-state index in [1.165, 1.54) is 0 Å². The van der Waals surface area contributed by atoms with Crippen LogP contribution in [0.2, 0.25) is 18.1 Å². The fourth-order valence-corrected chi connectivity index (χ4v) is 2.72. The summed E-state index contributed by atoms with van der Waals surface area (Å²) in [6.07, 6.45) is 0.456. The molecule has 18 heavy (non-hydrogen) atoms. The van der Waals surface area contributed by atoms with Crippen LogP contribution >= 0.6 is 9.39 Å². The molecule has 0 aromatic rings. The smallest absolute Gasteiger partial charge is 0.191 e. The number of aliphatic hydroxyl groups is 1. The molecule has 1 unspecified atom stereocenters. The molecule has 0 rings (SSSR count). The SMILES string of the molecule is C[C@@H](CO[Si](C)(C)C(C)(C)C)C[C@@H](O)[C@H](C)NP. The lowest BCUT2D eigenvalue weighted by Crippen LogP contribution is -2.42. The molecule has 4 atom stereocenters. The van der Waals surface area contributed by atoms with E-state index < -0.39 is 8.32 Å². The minimum Gasteiger partial charge on any atom is -0.417 e. The van der Waals surface area contributed by atoms with Crippen molar-refractivity contribution in [2.45, 2.75) is 71.3 Å². The van der Waals surface area contributed by atoms with E-state index >= 15 is 0 Å². The van der Waals surface area contributed by atoms with Gasteiger partial charge in [0.15, 0.2) is 8.32 Å². The van der Waals surface area contributed by atoms with E-state index in [0.29, 0.717) is 5.92 Å². The maximum Gasteiger partial charge on any atom is 0.191 e. The van der Waals surface area contributed by atoms with Gasteiger partial charge in [0.2, 0.25) is 0 Å². The van der Waals surface area contributed by atoms with Crippen LogP contribution in [0, 0.1) is 5.92 Å². The highest BCUT2D eigenvalue weighted by Crippen LogP contribution is 2.36. The van der Waals surface area contributed by atoms with Crippen LogP contribution in [0.25, 0.3) is 0 Å². The zero-order valence-electron chi connectivity index (χ0n) is 13.1. The van der Waals surface area contributed by atoms with Crippen molar-refractivity contribution in [1.29, 1.82) is 0 Å². The monoisotopic (exact) mass is 293 g/mol. The molecule has 5 heteroatoms. The molecule has 0 fully saturated rings. The maximum absolute atomic E-state index is 9.96. The summed E-state index contributed by atoms with van der Waals surface area (Å²) in [7, 11) is 0.797. The Bertz CT molecular complexity index is 244. The Kier molecular flexibility index (Phi) is 7.56. The van der Waals surface area contributed by atoms with Crippen molar-refractivity contribution in [3.05, 3.63) is 0 Å². The molecule has 0 aromatic heterocycles. The molecule has 110 valence electrons. The fourth-order valence-electron chi connectivity index (χ4n) is 1.36. The summed E-state index contributed by atoms with van der Waals surface area (Å²) in [5.74, 6) is 0.384. The van der Waals surface area contributed by atoms with Gasteiger partial charge >= 0.3 is 0 Å². The van der Waals surface area contributed by atoms with Crippen LogP contribution in [0.15, 0.2) is 0 Å². The lowest BCUT2D eigenvalue weighted by atomic mass is 10.0. The van der Waals surface area contributed by atoms with Crippen molar-refractivity contribution in [1.82, 2.24) is 5.09 Å². The van der Waals surface area contributed by atoms with Gasteiger partial charge in [-0.05, 0) is 37.4 Å². The second-order valence-electron chi connectivity index (χ2n) is 6.93. The highest BCUT2D eigenvalue weighted by atomic mass is 31.0. The molecular weight excluding hydrogens is 261 g/mol. The Balaban J connectivity index is 4.15. The van der Waals surface area contributed by atoms with E-state index in [4.69, 9.17) is 4.43 Å². The van der Waals surface area contributed by atoms with Crippen LogP contribution in [0.1, 0.15) is 41.0 Å². The molecule has 0 spiro atoms. The number of hydrogen-bond donors (Lipinski definition) is 2. The Morgan fingerprint density at radius 3 is 2.17 bits per heavy atom. The number of aliphatic hydroxyl groups excluding tert-OH is 1. The highest BCUT2D eigenvalue weighted by molar-refractivity contribution is 7.13. The molecule has 0 bridgehead atoms. The molecule has 0 heterocycles. The van der Waals surface area contributed by atoms with Crippen LogP contribution in [-0.2, 0) is 4.43 Å². The standard InChI is InChI=1S/C13H32NO2PSi/c1-10(8-12(15)11(2)14-17)9-16-18(6,7)13(3,4)5/h10-12,14-15H,8-9,17H2,1-7H3/t10-,11+,12-/m1/s1. The average Bonchev–Trinajstić information content (AvgIpc) is 2.23. The van der Waals surface area contributed by atoms with E-state index in [0.717, 1.165) is 13.0 Å². The van der Waals surface area contributed by atoms with Gasteiger partial charge in [-0.25, -0.2) is 0 Å². The van der Waals surface area contributed by atoms with Gasteiger partial charge in [-0.15, -0.1) is 0 Å².